The second kappa shape index (κ2) is 9.48. The van der Waals surface area contributed by atoms with E-state index in [1.807, 2.05) is 24.3 Å². The molecule has 0 atom stereocenters. The van der Waals surface area contributed by atoms with E-state index >= 15 is 0 Å². The summed E-state index contributed by atoms with van der Waals surface area (Å²) < 4.78 is 36.9. The van der Waals surface area contributed by atoms with Gasteiger partial charge in [-0.05, 0) is 37.3 Å². The van der Waals surface area contributed by atoms with E-state index in [0.29, 0.717) is 6.42 Å². The van der Waals surface area contributed by atoms with Crippen molar-refractivity contribution in [3.05, 3.63) is 35.9 Å². The van der Waals surface area contributed by atoms with Gasteiger partial charge in [0.15, 0.2) is 11.5 Å². The molecule has 0 unspecified atom stereocenters. The minimum Gasteiger partial charge on any atom is -0.493 e. The molecular weight excluding hydrogens is 304 g/mol. The van der Waals surface area contributed by atoms with Crippen LogP contribution >= 0.6 is 0 Å². The predicted octanol–water partition coefficient (Wildman–Crippen LogP) is 2.95. The monoisotopic (exact) mass is 328 g/mol. The van der Waals surface area contributed by atoms with Gasteiger partial charge in [-0.3, -0.25) is 4.18 Å². The molecule has 1 aromatic carbocycles. The Morgan fingerprint density at radius 3 is 2.45 bits per heavy atom. The fourth-order valence-corrected chi connectivity index (χ4v) is 2.46. The number of methoxy groups -OCH3 is 2. The molecule has 1 aromatic rings. The largest absolute Gasteiger partial charge is 0.493 e. The summed E-state index contributed by atoms with van der Waals surface area (Å²) >= 11 is 0. The van der Waals surface area contributed by atoms with Crippen LogP contribution in [0.3, 0.4) is 0 Å². The Morgan fingerprint density at radius 1 is 1.09 bits per heavy atom. The summed E-state index contributed by atoms with van der Waals surface area (Å²) in [5.74, 6) is 1.52. The second-order valence-corrected chi connectivity index (χ2v) is 6.48. The SMILES string of the molecule is COc1cccc(CC/C=C/CCCOS(C)(=O)=O)c1OC. The lowest BCUT2D eigenvalue weighted by molar-refractivity contribution is 0.317. The molecule has 1 rings (SSSR count). The van der Waals surface area contributed by atoms with Crippen LogP contribution in [0, 0.1) is 0 Å². The average molecular weight is 328 g/mol. The average Bonchev–Trinajstić information content (AvgIpc) is 2.48. The van der Waals surface area contributed by atoms with Crippen molar-refractivity contribution in [3.63, 3.8) is 0 Å². The van der Waals surface area contributed by atoms with Gasteiger partial charge in [-0.15, -0.1) is 0 Å². The maximum Gasteiger partial charge on any atom is 0.264 e. The molecule has 0 spiro atoms. The van der Waals surface area contributed by atoms with Crippen LogP contribution in [0.1, 0.15) is 24.8 Å². The molecule has 0 saturated heterocycles. The first kappa shape index (κ1) is 18.5. The zero-order valence-corrected chi connectivity index (χ0v) is 14.2. The number of hydrogen-bond acceptors (Lipinski definition) is 5. The first-order valence-electron chi connectivity index (χ1n) is 7.17. The predicted molar refractivity (Wildman–Crippen MR) is 87.0 cm³/mol. The van der Waals surface area contributed by atoms with Gasteiger partial charge in [0.1, 0.15) is 0 Å². The zero-order valence-electron chi connectivity index (χ0n) is 13.4. The van der Waals surface area contributed by atoms with Gasteiger partial charge < -0.3 is 9.47 Å². The van der Waals surface area contributed by atoms with Crippen molar-refractivity contribution in [1.29, 1.82) is 0 Å². The fraction of sp³-hybridized carbons (Fsp3) is 0.500. The van der Waals surface area contributed by atoms with Crippen LogP contribution in [0.5, 0.6) is 11.5 Å². The minimum atomic E-state index is -3.32. The highest BCUT2D eigenvalue weighted by Gasteiger charge is 2.08. The zero-order chi connectivity index (χ0) is 16.4. The maximum atomic E-state index is 10.8. The maximum absolute atomic E-state index is 10.8. The Hall–Kier alpha value is -1.53. The molecule has 6 heteroatoms. The standard InChI is InChI=1S/C16H24O5S/c1-19-15-12-9-11-14(16(15)20-2)10-7-5-4-6-8-13-21-22(3,17)18/h4-5,9,11-12H,6-8,10,13H2,1-3H3/b5-4+. The molecule has 0 aliphatic heterocycles. The van der Waals surface area contributed by atoms with Crippen LogP contribution in [-0.4, -0.2) is 35.5 Å². The quantitative estimate of drug-likeness (QED) is 0.375. The van der Waals surface area contributed by atoms with E-state index in [-0.39, 0.29) is 6.61 Å². The van der Waals surface area contributed by atoms with Crippen molar-refractivity contribution in [2.75, 3.05) is 27.1 Å². The van der Waals surface area contributed by atoms with Gasteiger partial charge in [-0.1, -0.05) is 24.3 Å². The molecule has 22 heavy (non-hydrogen) atoms. The van der Waals surface area contributed by atoms with Crippen molar-refractivity contribution < 1.29 is 22.1 Å². The normalized spacial score (nSPS) is 11.8. The van der Waals surface area contributed by atoms with Crippen LogP contribution in [0.2, 0.25) is 0 Å². The van der Waals surface area contributed by atoms with Crippen LogP contribution in [0.15, 0.2) is 30.4 Å². The molecule has 0 bridgehead atoms. The molecule has 0 heterocycles. The van der Waals surface area contributed by atoms with Crippen molar-refractivity contribution in [2.45, 2.75) is 25.7 Å². The van der Waals surface area contributed by atoms with Crippen molar-refractivity contribution in [1.82, 2.24) is 0 Å². The van der Waals surface area contributed by atoms with Gasteiger partial charge >= 0.3 is 0 Å². The van der Waals surface area contributed by atoms with E-state index in [1.54, 1.807) is 14.2 Å². The summed E-state index contributed by atoms with van der Waals surface area (Å²) in [6.07, 6.45) is 8.41. The molecular formula is C16H24O5S. The number of rotatable bonds is 10. The molecule has 5 nitrogen and oxygen atoms in total. The second-order valence-electron chi connectivity index (χ2n) is 4.83. The Labute approximate surface area is 133 Å². The van der Waals surface area contributed by atoms with Crippen molar-refractivity contribution in [3.8, 4) is 11.5 Å². The number of para-hydroxylation sites is 1. The molecule has 0 aromatic heterocycles. The number of unbranched alkanes of at least 4 members (excludes halogenated alkanes) is 1. The Morgan fingerprint density at radius 2 is 1.82 bits per heavy atom. The molecule has 0 aliphatic carbocycles. The third kappa shape index (κ3) is 6.95. The van der Waals surface area contributed by atoms with Crippen LogP contribution in [0.4, 0.5) is 0 Å². The van der Waals surface area contributed by atoms with Crippen LogP contribution in [-0.2, 0) is 20.7 Å². The number of aryl methyl sites for hydroxylation is 1. The minimum absolute atomic E-state index is 0.229. The highest BCUT2D eigenvalue weighted by molar-refractivity contribution is 7.85. The topological polar surface area (TPSA) is 61.8 Å². The third-order valence-electron chi connectivity index (χ3n) is 3.04. The molecule has 124 valence electrons. The molecule has 0 saturated carbocycles. The number of hydrogen-bond donors (Lipinski definition) is 0. The number of allylic oxidation sites excluding steroid dienone is 2. The van der Waals surface area contributed by atoms with Gasteiger partial charge in [-0.2, -0.15) is 8.42 Å². The summed E-state index contributed by atoms with van der Waals surface area (Å²) in [5.41, 5.74) is 1.10. The third-order valence-corrected chi connectivity index (χ3v) is 3.64. The van der Waals surface area contributed by atoms with E-state index in [4.69, 9.17) is 9.47 Å². The Balaban J connectivity index is 2.34. The van der Waals surface area contributed by atoms with Gasteiger partial charge in [0.25, 0.3) is 10.1 Å². The summed E-state index contributed by atoms with van der Waals surface area (Å²) in [6, 6.07) is 5.85. The van der Waals surface area contributed by atoms with E-state index in [9.17, 15) is 8.42 Å². The molecule has 0 aliphatic rings. The summed E-state index contributed by atoms with van der Waals surface area (Å²) in [5, 5.41) is 0. The van der Waals surface area contributed by atoms with Gasteiger partial charge in [-0.25, -0.2) is 0 Å². The first-order chi connectivity index (χ1) is 10.5. The lowest BCUT2D eigenvalue weighted by Gasteiger charge is -2.11. The summed E-state index contributed by atoms with van der Waals surface area (Å²) in [6.45, 7) is 0.229. The molecule has 0 N–H and O–H groups in total. The highest BCUT2D eigenvalue weighted by atomic mass is 32.2. The van der Waals surface area contributed by atoms with E-state index in [2.05, 4.69) is 10.3 Å². The number of benzene rings is 1. The lowest BCUT2D eigenvalue weighted by atomic mass is 10.1. The van der Waals surface area contributed by atoms with Crippen LogP contribution in [0.25, 0.3) is 0 Å². The van der Waals surface area contributed by atoms with E-state index in [1.165, 1.54) is 0 Å². The van der Waals surface area contributed by atoms with Crippen molar-refractivity contribution >= 4 is 10.1 Å². The summed E-state index contributed by atoms with van der Waals surface area (Å²) in [4.78, 5) is 0. The molecule has 0 radical (unpaired) electrons. The fourth-order valence-electron chi connectivity index (χ4n) is 2.04. The van der Waals surface area contributed by atoms with Gasteiger partial charge in [0.05, 0.1) is 27.1 Å². The Kier molecular flexibility index (Phi) is 7.98. The van der Waals surface area contributed by atoms with E-state index in [0.717, 1.165) is 42.6 Å². The smallest absolute Gasteiger partial charge is 0.264 e. The first-order valence-corrected chi connectivity index (χ1v) is 8.99. The molecule has 0 amide bonds. The lowest BCUT2D eigenvalue weighted by Crippen LogP contribution is -2.03. The summed E-state index contributed by atoms with van der Waals surface area (Å²) in [7, 11) is -0.0588. The van der Waals surface area contributed by atoms with Crippen molar-refractivity contribution in [2.24, 2.45) is 0 Å². The number of ether oxygens (including phenoxy) is 2. The van der Waals surface area contributed by atoms with Crippen LogP contribution < -0.4 is 9.47 Å². The molecule has 0 fully saturated rings. The Bertz CT molecular complexity index is 578. The van der Waals surface area contributed by atoms with Gasteiger partial charge in [0.2, 0.25) is 0 Å². The highest BCUT2D eigenvalue weighted by Crippen LogP contribution is 2.31. The van der Waals surface area contributed by atoms with E-state index < -0.39 is 10.1 Å². The van der Waals surface area contributed by atoms with Gasteiger partial charge in [0, 0.05) is 0 Å².